The summed E-state index contributed by atoms with van der Waals surface area (Å²) in [7, 11) is 0. The number of pyridine rings is 1. The van der Waals surface area contributed by atoms with Crippen LogP contribution in [-0.2, 0) is 6.42 Å². The number of nitrogens with zero attached hydrogens (tertiary/aromatic N) is 7. The van der Waals surface area contributed by atoms with E-state index in [0.717, 1.165) is 72.8 Å². The number of nitrogens with one attached hydrogen (secondary N) is 1. The third-order valence-corrected chi connectivity index (χ3v) is 7.78. The van der Waals surface area contributed by atoms with Gasteiger partial charge in [-0.1, -0.05) is 60.7 Å². The molecule has 0 saturated carbocycles. The van der Waals surface area contributed by atoms with Crippen molar-refractivity contribution in [2.45, 2.75) is 25.2 Å². The number of aromatic nitrogens is 7. The van der Waals surface area contributed by atoms with Gasteiger partial charge in [-0.05, 0) is 55.6 Å². The molecule has 5 heterocycles. The lowest BCUT2D eigenvalue weighted by Crippen LogP contribution is -2.34. The molecule has 7 rings (SSSR count). The Morgan fingerprint density at radius 1 is 0.800 bits per heavy atom. The summed E-state index contributed by atoms with van der Waals surface area (Å²) in [6.45, 7) is 3.18. The highest BCUT2D eigenvalue weighted by atomic mass is 15.2. The van der Waals surface area contributed by atoms with Gasteiger partial charge in [0.1, 0.15) is 11.5 Å². The van der Waals surface area contributed by atoms with E-state index in [-0.39, 0.29) is 0 Å². The van der Waals surface area contributed by atoms with Crippen molar-refractivity contribution >= 4 is 5.78 Å². The van der Waals surface area contributed by atoms with Gasteiger partial charge in [-0.25, -0.2) is 15.0 Å². The van der Waals surface area contributed by atoms with Crippen molar-refractivity contribution in [1.29, 1.82) is 0 Å². The number of aromatic amines is 1. The average Bonchev–Trinajstić information content (AvgIpc) is 3.71. The summed E-state index contributed by atoms with van der Waals surface area (Å²) >= 11 is 0. The minimum absolute atomic E-state index is 0.416. The second-order valence-corrected chi connectivity index (χ2v) is 10.3. The first-order valence-corrected chi connectivity index (χ1v) is 13.8. The van der Waals surface area contributed by atoms with Crippen molar-refractivity contribution in [3.63, 3.8) is 0 Å². The second-order valence-electron chi connectivity index (χ2n) is 10.3. The van der Waals surface area contributed by atoms with E-state index >= 15 is 0 Å². The van der Waals surface area contributed by atoms with Gasteiger partial charge >= 0.3 is 0 Å². The molecule has 40 heavy (non-hydrogen) atoms. The minimum atomic E-state index is 0.416. The van der Waals surface area contributed by atoms with Crippen LogP contribution in [0.1, 0.15) is 30.1 Å². The van der Waals surface area contributed by atoms with Gasteiger partial charge in [0.2, 0.25) is 5.78 Å². The molecule has 1 fully saturated rings. The molecular formula is C32H30N8. The number of hydrogen-bond acceptors (Lipinski definition) is 6. The molecule has 0 unspecified atom stereocenters. The van der Waals surface area contributed by atoms with Crippen molar-refractivity contribution < 1.29 is 0 Å². The lowest BCUT2D eigenvalue weighted by Gasteiger charge is -2.30. The summed E-state index contributed by atoms with van der Waals surface area (Å²) in [5.41, 5.74) is 6.45. The first kappa shape index (κ1) is 24.4. The monoisotopic (exact) mass is 526 g/mol. The Morgan fingerprint density at radius 2 is 1.62 bits per heavy atom. The molecule has 1 N–H and O–H groups in total. The van der Waals surface area contributed by atoms with Crippen LogP contribution in [0.2, 0.25) is 0 Å². The second kappa shape index (κ2) is 10.8. The van der Waals surface area contributed by atoms with E-state index in [1.807, 2.05) is 34.9 Å². The predicted octanol–water partition coefficient (Wildman–Crippen LogP) is 5.67. The molecule has 0 bridgehead atoms. The molecule has 8 nitrogen and oxygen atoms in total. The van der Waals surface area contributed by atoms with E-state index in [1.165, 1.54) is 5.56 Å². The van der Waals surface area contributed by atoms with E-state index in [4.69, 9.17) is 9.97 Å². The van der Waals surface area contributed by atoms with E-state index in [0.29, 0.717) is 17.5 Å². The largest absolute Gasteiger partial charge is 0.303 e. The summed E-state index contributed by atoms with van der Waals surface area (Å²) in [5, 5.41) is 7.56. The summed E-state index contributed by atoms with van der Waals surface area (Å²) in [5.74, 6) is 2.78. The van der Waals surface area contributed by atoms with Crippen LogP contribution in [0.15, 0.2) is 97.6 Å². The lowest BCUT2D eigenvalue weighted by atomic mass is 9.95. The van der Waals surface area contributed by atoms with E-state index in [9.17, 15) is 0 Å². The Bertz CT molecular complexity index is 1700. The van der Waals surface area contributed by atoms with E-state index < -0.39 is 0 Å². The number of fused-ring (bicyclic) bond motifs is 1. The molecule has 0 aliphatic carbocycles. The van der Waals surface area contributed by atoms with Gasteiger partial charge in [0.15, 0.2) is 5.82 Å². The van der Waals surface area contributed by atoms with E-state index in [2.05, 4.69) is 79.8 Å². The summed E-state index contributed by atoms with van der Waals surface area (Å²) in [4.78, 5) is 21.0. The summed E-state index contributed by atoms with van der Waals surface area (Å²) in [6, 6.07) is 25.1. The van der Waals surface area contributed by atoms with Gasteiger partial charge < -0.3 is 4.90 Å². The molecule has 4 aromatic heterocycles. The van der Waals surface area contributed by atoms with Crippen LogP contribution < -0.4 is 0 Å². The fourth-order valence-corrected chi connectivity index (χ4v) is 5.51. The fourth-order valence-electron chi connectivity index (χ4n) is 5.51. The molecular weight excluding hydrogens is 496 g/mol. The zero-order valence-corrected chi connectivity index (χ0v) is 22.2. The molecule has 0 spiro atoms. The summed E-state index contributed by atoms with van der Waals surface area (Å²) in [6.07, 6.45) is 10.8. The number of imidazole rings is 1. The zero-order valence-electron chi connectivity index (χ0n) is 22.2. The van der Waals surface area contributed by atoms with Crippen molar-refractivity contribution in [1.82, 2.24) is 39.4 Å². The minimum Gasteiger partial charge on any atom is -0.303 e. The molecule has 6 aromatic rings. The van der Waals surface area contributed by atoms with Crippen LogP contribution >= 0.6 is 0 Å². The van der Waals surface area contributed by atoms with Crippen LogP contribution in [0, 0.1) is 0 Å². The normalized spacial score (nSPS) is 14.6. The van der Waals surface area contributed by atoms with Crippen LogP contribution in [0.5, 0.6) is 0 Å². The van der Waals surface area contributed by atoms with Gasteiger partial charge in [0.25, 0.3) is 0 Å². The Hall–Kier alpha value is -4.69. The number of benzene rings is 2. The third kappa shape index (κ3) is 5.01. The topological polar surface area (TPSA) is 87.9 Å². The Morgan fingerprint density at radius 3 is 2.42 bits per heavy atom. The molecule has 198 valence electrons. The van der Waals surface area contributed by atoms with Crippen LogP contribution in [0.4, 0.5) is 0 Å². The molecule has 8 heteroatoms. The predicted molar refractivity (Wildman–Crippen MR) is 156 cm³/mol. The molecule has 0 amide bonds. The van der Waals surface area contributed by atoms with Gasteiger partial charge in [-0.15, -0.1) is 0 Å². The quantitative estimate of drug-likeness (QED) is 0.289. The van der Waals surface area contributed by atoms with Crippen LogP contribution in [0.3, 0.4) is 0 Å². The smallest absolute Gasteiger partial charge is 0.234 e. The third-order valence-electron chi connectivity index (χ3n) is 7.78. The Kier molecular flexibility index (Phi) is 6.59. The number of hydrogen-bond donors (Lipinski definition) is 1. The van der Waals surface area contributed by atoms with Gasteiger partial charge in [-0.2, -0.15) is 5.10 Å². The molecule has 1 saturated heterocycles. The van der Waals surface area contributed by atoms with Crippen LogP contribution in [-0.4, -0.2) is 59.1 Å². The number of rotatable bonds is 7. The highest BCUT2D eigenvalue weighted by molar-refractivity contribution is 5.81. The van der Waals surface area contributed by atoms with Gasteiger partial charge in [-0.3, -0.25) is 14.5 Å². The number of piperidine rings is 1. The maximum absolute atomic E-state index is 4.91. The van der Waals surface area contributed by atoms with Crippen molar-refractivity contribution in [2.24, 2.45) is 0 Å². The van der Waals surface area contributed by atoms with Gasteiger partial charge in [0, 0.05) is 48.4 Å². The van der Waals surface area contributed by atoms with Crippen molar-refractivity contribution in [2.75, 3.05) is 19.6 Å². The Balaban J connectivity index is 0.990. The van der Waals surface area contributed by atoms with Crippen molar-refractivity contribution in [3.05, 3.63) is 109 Å². The maximum atomic E-state index is 4.91. The molecule has 1 aliphatic heterocycles. The fraction of sp³-hybridized carbons (Fsp3) is 0.219. The number of H-pyrrole nitrogens is 1. The Labute approximate surface area is 232 Å². The first-order valence-electron chi connectivity index (χ1n) is 13.8. The standard InChI is InChI=1S/C32H30N8/c1-2-6-24(7-3-1)27-22-40-21-17-34-32(40)35-29(27)25-11-9-23(10-12-25)13-18-39-19-14-26(15-20-39)30-36-31(38-37-30)28-8-4-5-16-33-28/h1-12,16-17,21-22,26H,13-15,18-20H2,(H,36,37,38). The van der Waals surface area contributed by atoms with E-state index in [1.54, 1.807) is 12.4 Å². The molecule has 2 aromatic carbocycles. The van der Waals surface area contributed by atoms with Crippen molar-refractivity contribution in [3.8, 4) is 33.9 Å². The van der Waals surface area contributed by atoms with Gasteiger partial charge in [0.05, 0.1) is 5.69 Å². The SMILES string of the molecule is c1ccc(-c2cn3ccnc3nc2-c2ccc(CCN3CCC(c4nc(-c5ccccn5)n[nH]4)CC3)cc2)cc1. The molecule has 0 radical (unpaired) electrons. The van der Waals surface area contributed by atoms with Crippen LogP contribution in [0.25, 0.3) is 39.7 Å². The maximum Gasteiger partial charge on any atom is 0.234 e. The number of likely N-dealkylation sites (tertiary alicyclic amines) is 1. The molecule has 1 aliphatic rings. The first-order chi connectivity index (χ1) is 19.8. The molecule has 0 atom stereocenters. The highest BCUT2D eigenvalue weighted by Crippen LogP contribution is 2.31. The average molecular weight is 527 g/mol. The highest BCUT2D eigenvalue weighted by Gasteiger charge is 2.23. The lowest BCUT2D eigenvalue weighted by molar-refractivity contribution is 0.211. The zero-order chi connectivity index (χ0) is 26.7. The summed E-state index contributed by atoms with van der Waals surface area (Å²) < 4.78 is 1.98.